The molecule has 4 aromatic rings. The van der Waals surface area contributed by atoms with Crippen molar-refractivity contribution in [2.24, 2.45) is 0 Å². The molecule has 3 aromatic carbocycles. The minimum Gasteiger partial charge on any atom is -0.497 e. The third-order valence-electron chi connectivity index (χ3n) is 4.47. The second kappa shape index (κ2) is 5.98. The third-order valence-corrected chi connectivity index (χ3v) is 4.47. The predicted molar refractivity (Wildman–Crippen MR) is 99.1 cm³/mol. The van der Waals surface area contributed by atoms with Gasteiger partial charge in [-0.25, -0.2) is 4.79 Å². The number of rotatable bonds is 3. The van der Waals surface area contributed by atoms with E-state index in [0.29, 0.717) is 5.56 Å². The number of aromatic nitrogens is 1. The molecule has 0 aliphatic carbocycles. The lowest BCUT2D eigenvalue weighted by Crippen LogP contribution is -2.05. The molecular weight excluding hydrogens is 314 g/mol. The topological polar surface area (TPSA) is 51.3 Å². The number of fused-ring (bicyclic) bond motifs is 3. The highest BCUT2D eigenvalue weighted by Gasteiger charge is 2.20. The maximum atomic E-state index is 12.6. The van der Waals surface area contributed by atoms with E-state index in [9.17, 15) is 4.79 Å². The van der Waals surface area contributed by atoms with Crippen molar-refractivity contribution >= 4 is 27.8 Å². The highest BCUT2D eigenvalue weighted by Crippen LogP contribution is 2.35. The largest absolute Gasteiger partial charge is 0.497 e. The number of carbonyl (C=O) groups is 1. The molecule has 124 valence electrons. The van der Waals surface area contributed by atoms with Crippen LogP contribution in [0.2, 0.25) is 0 Å². The van der Waals surface area contributed by atoms with E-state index in [1.54, 1.807) is 7.11 Å². The monoisotopic (exact) mass is 331 g/mol. The molecule has 4 nitrogen and oxygen atoms in total. The minimum absolute atomic E-state index is 0.358. The number of methoxy groups -OCH3 is 2. The van der Waals surface area contributed by atoms with E-state index in [2.05, 4.69) is 4.98 Å². The first-order valence-electron chi connectivity index (χ1n) is 7.99. The molecule has 0 atom stereocenters. The van der Waals surface area contributed by atoms with Crippen LogP contribution in [0, 0.1) is 0 Å². The summed E-state index contributed by atoms with van der Waals surface area (Å²) in [7, 11) is 3.03. The van der Waals surface area contributed by atoms with Crippen LogP contribution < -0.4 is 4.74 Å². The smallest absolute Gasteiger partial charge is 0.340 e. The van der Waals surface area contributed by atoms with Gasteiger partial charge in [-0.15, -0.1) is 0 Å². The van der Waals surface area contributed by atoms with Crippen LogP contribution in [0.1, 0.15) is 10.4 Å². The van der Waals surface area contributed by atoms with Gasteiger partial charge in [0.25, 0.3) is 0 Å². The summed E-state index contributed by atoms with van der Waals surface area (Å²) in [5.74, 6) is 0.415. The summed E-state index contributed by atoms with van der Waals surface area (Å²) in [6.07, 6.45) is 0. The number of hydrogen-bond acceptors (Lipinski definition) is 3. The Morgan fingerprint density at radius 2 is 1.64 bits per heavy atom. The number of carbonyl (C=O) groups excluding carboxylic acids is 1. The van der Waals surface area contributed by atoms with E-state index in [1.807, 2.05) is 60.7 Å². The third kappa shape index (κ3) is 2.43. The zero-order valence-corrected chi connectivity index (χ0v) is 14.0. The molecule has 0 radical (unpaired) electrons. The Kier molecular flexibility index (Phi) is 3.65. The molecule has 25 heavy (non-hydrogen) atoms. The van der Waals surface area contributed by atoms with E-state index in [4.69, 9.17) is 9.47 Å². The summed E-state index contributed by atoms with van der Waals surface area (Å²) in [6.45, 7) is 0. The van der Waals surface area contributed by atoms with Crippen molar-refractivity contribution in [2.75, 3.05) is 14.2 Å². The second-order valence-corrected chi connectivity index (χ2v) is 5.80. The van der Waals surface area contributed by atoms with Crippen LogP contribution >= 0.6 is 0 Å². The molecule has 0 amide bonds. The number of nitrogens with one attached hydrogen (secondary N) is 1. The van der Waals surface area contributed by atoms with Crippen LogP contribution in [0.15, 0.2) is 60.7 Å². The van der Waals surface area contributed by atoms with Gasteiger partial charge in [0.05, 0.1) is 25.3 Å². The fraction of sp³-hybridized carbons (Fsp3) is 0.0952. The average Bonchev–Trinajstić information content (AvgIpc) is 3.05. The van der Waals surface area contributed by atoms with Crippen molar-refractivity contribution in [1.29, 1.82) is 0 Å². The lowest BCUT2D eigenvalue weighted by molar-refractivity contribution is 0.0603. The Balaban J connectivity index is 2.03. The number of para-hydroxylation sites is 1. The summed E-state index contributed by atoms with van der Waals surface area (Å²) < 4.78 is 10.3. The zero-order valence-electron chi connectivity index (χ0n) is 14.0. The van der Waals surface area contributed by atoms with Crippen molar-refractivity contribution in [3.8, 4) is 16.9 Å². The molecule has 0 unspecified atom stereocenters. The molecule has 4 heteroatoms. The molecule has 0 aliphatic heterocycles. The SMILES string of the molecule is COC(=O)c1c(-c2ccc(OC)cc2)ccc2c1[nH]c1ccccc12. The highest BCUT2D eigenvalue weighted by atomic mass is 16.5. The molecule has 1 N–H and O–H groups in total. The molecule has 4 rings (SSSR count). The molecule has 0 saturated carbocycles. The Hall–Kier alpha value is -3.27. The summed E-state index contributed by atoms with van der Waals surface area (Å²) >= 11 is 0. The molecule has 1 aromatic heterocycles. The van der Waals surface area contributed by atoms with E-state index >= 15 is 0 Å². The van der Waals surface area contributed by atoms with E-state index in [-0.39, 0.29) is 5.97 Å². The Labute approximate surface area is 145 Å². The van der Waals surface area contributed by atoms with Gasteiger partial charge in [0.2, 0.25) is 0 Å². The van der Waals surface area contributed by atoms with Crippen LogP contribution in [0.3, 0.4) is 0 Å². The van der Waals surface area contributed by atoms with Gasteiger partial charge in [0, 0.05) is 16.3 Å². The Morgan fingerprint density at radius 1 is 0.880 bits per heavy atom. The van der Waals surface area contributed by atoms with Gasteiger partial charge < -0.3 is 14.5 Å². The number of aromatic amines is 1. The molecular formula is C21H17NO3. The Bertz CT molecular complexity index is 1080. The summed E-state index contributed by atoms with van der Waals surface area (Å²) in [5.41, 5.74) is 4.09. The molecule has 0 spiro atoms. The molecule has 0 aliphatic rings. The van der Waals surface area contributed by atoms with Crippen LogP contribution in [-0.4, -0.2) is 25.2 Å². The van der Waals surface area contributed by atoms with E-state index in [1.165, 1.54) is 7.11 Å². The number of ether oxygens (including phenoxy) is 2. The van der Waals surface area contributed by atoms with E-state index < -0.39 is 0 Å². The normalized spacial score (nSPS) is 11.0. The van der Waals surface area contributed by atoms with Gasteiger partial charge in [0.15, 0.2) is 0 Å². The molecule has 1 heterocycles. The summed E-state index contributed by atoms with van der Waals surface area (Å²) in [6, 6.07) is 19.7. The van der Waals surface area contributed by atoms with E-state index in [0.717, 1.165) is 38.7 Å². The summed E-state index contributed by atoms with van der Waals surface area (Å²) in [4.78, 5) is 15.9. The second-order valence-electron chi connectivity index (χ2n) is 5.80. The lowest BCUT2D eigenvalue weighted by Gasteiger charge is -2.10. The van der Waals surface area contributed by atoms with Crippen molar-refractivity contribution in [2.45, 2.75) is 0 Å². The van der Waals surface area contributed by atoms with Crippen molar-refractivity contribution in [1.82, 2.24) is 4.98 Å². The van der Waals surface area contributed by atoms with Crippen LogP contribution in [0.25, 0.3) is 32.9 Å². The molecule has 0 bridgehead atoms. The quantitative estimate of drug-likeness (QED) is 0.550. The van der Waals surface area contributed by atoms with Crippen LogP contribution in [0.4, 0.5) is 0 Å². The first-order valence-corrected chi connectivity index (χ1v) is 7.99. The van der Waals surface area contributed by atoms with Crippen molar-refractivity contribution in [3.63, 3.8) is 0 Å². The van der Waals surface area contributed by atoms with Gasteiger partial charge in [-0.05, 0) is 29.3 Å². The first kappa shape index (κ1) is 15.3. The molecule has 0 saturated heterocycles. The van der Waals surface area contributed by atoms with Crippen LogP contribution in [-0.2, 0) is 4.74 Å². The molecule has 0 fully saturated rings. The fourth-order valence-corrected chi connectivity index (χ4v) is 3.24. The zero-order chi connectivity index (χ0) is 17.4. The summed E-state index contributed by atoms with van der Waals surface area (Å²) in [5, 5.41) is 2.09. The number of benzene rings is 3. The first-order chi connectivity index (χ1) is 12.2. The van der Waals surface area contributed by atoms with Gasteiger partial charge in [-0.1, -0.05) is 42.5 Å². The van der Waals surface area contributed by atoms with Crippen LogP contribution in [0.5, 0.6) is 5.75 Å². The van der Waals surface area contributed by atoms with Gasteiger partial charge in [-0.2, -0.15) is 0 Å². The highest BCUT2D eigenvalue weighted by molar-refractivity contribution is 6.17. The number of hydrogen-bond donors (Lipinski definition) is 1. The standard InChI is InChI=1S/C21H17NO3/c1-24-14-9-7-13(8-10-14)15-11-12-17-16-5-3-4-6-18(16)22-20(17)19(15)21(23)25-2/h3-12,22H,1-2H3. The maximum absolute atomic E-state index is 12.6. The van der Waals surface area contributed by atoms with Gasteiger partial charge in [0.1, 0.15) is 5.75 Å². The maximum Gasteiger partial charge on any atom is 0.340 e. The number of H-pyrrole nitrogens is 1. The number of esters is 1. The predicted octanol–water partition coefficient (Wildman–Crippen LogP) is 4.78. The fourth-order valence-electron chi connectivity index (χ4n) is 3.24. The lowest BCUT2D eigenvalue weighted by atomic mass is 9.96. The van der Waals surface area contributed by atoms with Gasteiger partial charge in [-0.3, -0.25) is 0 Å². The average molecular weight is 331 g/mol. The van der Waals surface area contributed by atoms with Crippen molar-refractivity contribution < 1.29 is 14.3 Å². The minimum atomic E-state index is -0.358. The van der Waals surface area contributed by atoms with Gasteiger partial charge >= 0.3 is 5.97 Å². The Morgan fingerprint density at radius 3 is 2.36 bits per heavy atom. The van der Waals surface area contributed by atoms with Crippen molar-refractivity contribution in [3.05, 3.63) is 66.2 Å².